The van der Waals surface area contributed by atoms with E-state index in [0.29, 0.717) is 17.4 Å². The molecule has 3 N–H and O–H groups in total. The first-order chi connectivity index (χ1) is 11.8. The summed E-state index contributed by atoms with van der Waals surface area (Å²) >= 11 is 0. The molecule has 25 heavy (non-hydrogen) atoms. The summed E-state index contributed by atoms with van der Waals surface area (Å²) in [5.74, 6) is 1.11. The van der Waals surface area contributed by atoms with Crippen LogP contribution in [0.2, 0.25) is 0 Å². The average Bonchev–Trinajstić information content (AvgIpc) is 3.37. The van der Waals surface area contributed by atoms with E-state index in [0.717, 1.165) is 18.6 Å². The Morgan fingerprint density at radius 1 is 1.28 bits per heavy atom. The first-order valence-corrected chi connectivity index (χ1v) is 9.20. The molecule has 2 aliphatic rings. The van der Waals surface area contributed by atoms with E-state index in [1.807, 2.05) is 39.0 Å². The Morgan fingerprint density at radius 3 is 2.48 bits per heavy atom. The van der Waals surface area contributed by atoms with Crippen molar-refractivity contribution in [2.75, 3.05) is 0 Å². The van der Waals surface area contributed by atoms with E-state index in [1.54, 1.807) is 0 Å². The van der Waals surface area contributed by atoms with Gasteiger partial charge in [0.15, 0.2) is 0 Å². The van der Waals surface area contributed by atoms with Gasteiger partial charge in [0, 0.05) is 17.5 Å². The number of carbonyl (C=O) groups is 2. The average molecular weight is 344 g/mol. The van der Waals surface area contributed by atoms with E-state index < -0.39 is 5.54 Å². The van der Waals surface area contributed by atoms with Gasteiger partial charge in [0.1, 0.15) is 5.75 Å². The van der Waals surface area contributed by atoms with Crippen LogP contribution in [0.1, 0.15) is 74.7 Å². The Kier molecular flexibility index (Phi) is 4.76. The minimum atomic E-state index is -0.572. The molecule has 136 valence electrons. The molecule has 0 unspecified atom stereocenters. The number of rotatable bonds is 8. The van der Waals surface area contributed by atoms with Gasteiger partial charge in [-0.25, -0.2) is 0 Å². The predicted molar refractivity (Wildman–Crippen MR) is 96.6 cm³/mol. The molecular weight excluding hydrogens is 316 g/mol. The minimum Gasteiger partial charge on any atom is -0.491 e. The summed E-state index contributed by atoms with van der Waals surface area (Å²) in [5, 5.41) is 3.05. The Labute approximate surface area is 149 Å². The van der Waals surface area contributed by atoms with E-state index in [-0.39, 0.29) is 24.3 Å². The highest BCUT2D eigenvalue weighted by molar-refractivity contribution is 5.95. The molecule has 0 saturated heterocycles. The summed E-state index contributed by atoms with van der Waals surface area (Å²) in [6, 6.07) is 5.70. The maximum Gasteiger partial charge on any atom is 0.251 e. The third kappa shape index (κ3) is 4.33. The number of benzene rings is 1. The molecule has 0 radical (unpaired) electrons. The molecule has 1 aromatic rings. The highest BCUT2D eigenvalue weighted by Gasteiger charge is 2.43. The third-order valence-corrected chi connectivity index (χ3v) is 5.07. The van der Waals surface area contributed by atoms with E-state index >= 15 is 0 Å². The largest absolute Gasteiger partial charge is 0.491 e. The molecule has 1 aromatic carbocycles. The smallest absolute Gasteiger partial charge is 0.251 e. The number of amides is 2. The zero-order valence-electron chi connectivity index (χ0n) is 15.3. The van der Waals surface area contributed by atoms with Crippen LogP contribution in [0.3, 0.4) is 0 Å². The highest BCUT2D eigenvalue weighted by atomic mass is 16.5. The molecule has 5 heteroatoms. The number of ether oxygens (including phenoxy) is 1. The number of nitrogens with two attached hydrogens (primary N) is 1. The molecule has 0 bridgehead atoms. The second-order valence-electron chi connectivity index (χ2n) is 7.98. The predicted octanol–water partition coefficient (Wildman–Crippen LogP) is 3.13. The van der Waals surface area contributed by atoms with E-state index in [2.05, 4.69) is 5.32 Å². The summed E-state index contributed by atoms with van der Waals surface area (Å²) in [4.78, 5) is 24.2. The summed E-state index contributed by atoms with van der Waals surface area (Å²) in [6.07, 6.45) is 4.62. The summed E-state index contributed by atoms with van der Waals surface area (Å²) in [6.45, 7) is 5.89. The molecule has 0 heterocycles. The van der Waals surface area contributed by atoms with Gasteiger partial charge in [-0.3, -0.25) is 9.59 Å². The summed E-state index contributed by atoms with van der Waals surface area (Å²) in [7, 11) is 0. The summed E-state index contributed by atoms with van der Waals surface area (Å²) in [5.41, 5.74) is 6.57. The SMILES string of the molecule is CC(C)Oc1cc(C(=O)N[C@](C)(CC(N)=O)C2CC2)ccc1C1CC1. The molecule has 2 amide bonds. The van der Waals surface area contributed by atoms with Crippen molar-refractivity contribution in [2.45, 2.75) is 70.4 Å². The molecule has 2 saturated carbocycles. The van der Waals surface area contributed by atoms with Crippen molar-refractivity contribution in [1.82, 2.24) is 5.32 Å². The fourth-order valence-corrected chi connectivity index (χ4v) is 3.47. The summed E-state index contributed by atoms with van der Waals surface area (Å²) < 4.78 is 5.94. The normalized spacial score (nSPS) is 19.4. The van der Waals surface area contributed by atoms with Crippen LogP contribution in [0.4, 0.5) is 0 Å². The Morgan fingerprint density at radius 2 is 1.96 bits per heavy atom. The van der Waals surface area contributed by atoms with Crippen LogP contribution in [0.25, 0.3) is 0 Å². The topological polar surface area (TPSA) is 81.4 Å². The minimum absolute atomic E-state index is 0.0578. The van der Waals surface area contributed by atoms with E-state index in [4.69, 9.17) is 10.5 Å². The molecule has 1 atom stereocenters. The van der Waals surface area contributed by atoms with Crippen molar-refractivity contribution >= 4 is 11.8 Å². The zero-order valence-corrected chi connectivity index (χ0v) is 15.3. The van der Waals surface area contributed by atoms with Crippen molar-refractivity contribution in [1.29, 1.82) is 0 Å². The van der Waals surface area contributed by atoms with Crippen LogP contribution >= 0.6 is 0 Å². The van der Waals surface area contributed by atoms with Crippen molar-refractivity contribution in [3.05, 3.63) is 29.3 Å². The maximum atomic E-state index is 12.8. The van der Waals surface area contributed by atoms with Gasteiger partial charge in [0.2, 0.25) is 5.91 Å². The van der Waals surface area contributed by atoms with Crippen LogP contribution in [0, 0.1) is 5.92 Å². The number of primary amides is 1. The first-order valence-electron chi connectivity index (χ1n) is 9.20. The van der Waals surface area contributed by atoms with Crippen molar-refractivity contribution in [2.24, 2.45) is 11.7 Å². The lowest BCUT2D eigenvalue weighted by molar-refractivity contribution is -0.119. The van der Waals surface area contributed by atoms with Crippen LogP contribution in [-0.2, 0) is 4.79 Å². The molecular formula is C20H28N2O3. The van der Waals surface area contributed by atoms with Crippen LogP contribution in [-0.4, -0.2) is 23.5 Å². The monoisotopic (exact) mass is 344 g/mol. The fraction of sp³-hybridized carbons (Fsp3) is 0.600. The lowest BCUT2D eigenvalue weighted by atomic mass is 9.90. The van der Waals surface area contributed by atoms with Crippen molar-refractivity contribution in [3.63, 3.8) is 0 Å². The van der Waals surface area contributed by atoms with E-state index in [1.165, 1.54) is 18.4 Å². The molecule has 2 fully saturated rings. The number of nitrogens with one attached hydrogen (secondary N) is 1. The quantitative estimate of drug-likeness (QED) is 0.760. The van der Waals surface area contributed by atoms with Gasteiger partial charge in [0.05, 0.1) is 6.10 Å². The fourth-order valence-electron chi connectivity index (χ4n) is 3.47. The second-order valence-corrected chi connectivity index (χ2v) is 7.98. The van der Waals surface area contributed by atoms with Gasteiger partial charge in [-0.2, -0.15) is 0 Å². The molecule has 0 spiro atoms. The number of carbonyl (C=O) groups excluding carboxylic acids is 2. The van der Waals surface area contributed by atoms with Gasteiger partial charge >= 0.3 is 0 Å². The third-order valence-electron chi connectivity index (χ3n) is 5.07. The number of hydrogen-bond donors (Lipinski definition) is 2. The van der Waals surface area contributed by atoms with Crippen molar-refractivity contribution in [3.8, 4) is 5.75 Å². The van der Waals surface area contributed by atoms with Crippen LogP contribution in [0.15, 0.2) is 18.2 Å². The lowest BCUT2D eigenvalue weighted by Gasteiger charge is -2.30. The standard InChI is InChI=1S/C20H28N2O3/c1-12(2)25-17-10-14(6-9-16(17)13-4-5-13)19(24)22-20(3,11-18(21)23)15-7-8-15/h6,9-10,12-13,15H,4-5,7-8,11H2,1-3H3,(H2,21,23)(H,22,24)/t20-/m1/s1. The van der Waals surface area contributed by atoms with E-state index in [9.17, 15) is 9.59 Å². The lowest BCUT2D eigenvalue weighted by Crippen LogP contribution is -2.50. The Hall–Kier alpha value is -2.04. The Balaban J connectivity index is 1.80. The molecule has 3 rings (SSSR count). The molecule has 0 aromatic heterocycles. The van der Waals surface area contributed by atoms with Gasteiger partial charge in [-0.05, 0) is 76.0 Å². The molecule has 2 aliphatic carbocycles. The van der Waals surface area contributed by atoms with Gasteiger partial charge in [-0.15, -0.1) is 0 Å². The first kappa shape index (κ1) is 17.8. The zero-order chi connectivity index (χ0) is 18.2. The highest BCUT2D eigenvalue weighted by Crippen LogP contribution is 2.45. The maximum absolute atomic E-state index is 12.8. The van der Waals surface area contributed by atoms with Crippen molar-refractivity contribution < 1.29 is 14.3 Å². The second kappa shape index (κ2) is 6.70. The van der Waals surface area contributed by atoms with Crippen LogP contribution in [0.5, 0.6) is 5.75 Å². The Bertz CT molecular complexity index is 678. The number of hydrogen-bond acceptors (Lipinski definition) is 3. The molecule has 0 aliphatic heterocycles. The van der Waals surface area contributed by atoms with Gasteiger partial charge in [0.25, 0.3) is 5.91 Å². The van der Waals surface area contributed by atoms with Crippen LogP contribution < -0.4 is 15.8 Å². The molecule has 5 nitrogen and oxygen atoms in total. The van der Waals surface area contributed by atoms with Gasteiger partial charge < -0.3 is 15.8 Å². The van der Waals surface area contributed by atoms with Gasteiger partial charge in [-0.1, -0.05) is 6.07 Å².